The Hall–Kier alpha value is -3.49. The van der Waals surface area contributed by atoms with Crippen LogP contribution in [0.4, 0.5) is 8.78 Å². The third-order valence-electron chi connectivity index (χ3n) is 3.96. The summed E-state index contributed by atoms with van der Waals surface area (Å²) in [4.78, 5) is 18.4. The summed E-state index contributed by atoms with van der Waals surface area (Å²) in [6, 6.07) is 13.0. The molecule has 2 aromatic carbocycles. The lowest BCUT2D eigenvalue weighted by atomic mass is 10.1. The van der Waals surface area contributed by atoms with Crippen LogP contribution in [0.3, 0.4) is 0 Å². The fourth-order valence-corrected chi connectivity index (χ4v) is 2.64. The van der Waals surface area contributed by atoms with Crippen LogP contribution in [-0.4, -0.2) is 34.6 Å². The summed E-state index contributed by atoms with van der Waals surface area (Å²) in [6.07, 6.45) is 0. The number of hydrogen-bond donors (Lipinski definition) is 0. The molecule has 1 amide bonds. The van der Waals surface area contributed by atoms with Gasteiger partial charge in [-0.2, -0.15) is 13.8 Å². The number of aryl methyl sites for hydroxylation is 1. The highest BCUT2D eigenvalue weighted by atomic mass is 19.3. The van der Waals surface area contributed by atoms with E-state index in [0.717, 1.165) is 5.56 Å². The predicted octanol–water partition coefficient (Wildman–Crippen LogP) is 3.83. The maximum Gasteiger partial charge on any atom is 0.387 e. The number of carbonyl (C=O) groups excluding carboxylic acids is 1. The topological polar surface area (TPSA) is 77.7 Å². The van der Waals surface area contributed by atoms with Gasteiger partial charge in [0.05, 0.1) is 5.56 Å². The second kappa shape index (κ2) is 9.13. The van der Waals surface area contributed by atoms with Crippen molar-refractivity contribution in [1.82, 2.24) is 15.0 Å². The van der Waals surface area contributed by atoms with E-state index in [9.17, 15) is 13.6 Å². The van der Waals surface area contributed by atoms with Crippen molar-refractivity contribution in [2.45, 2.75) is 26.7 Å². The van der Waals surface area contributed by atoms with Crippen LogP contribution >= 0.6 is 0 Å². The number of aromatic nitrogens is 2. The number of carbonyl (C=O) groups is 1. The number of nitrogens with zero attached hydrogens (tertiary/aromatic N) is 3. The average molecular weight is 403 g/mol. The summed E-state index contributed by atoms with van der Waals surface area (Å²) in [5.74, 6) is 1.01. The molecule has 3 rings (SSSR count). The minimum Gasteiger partial charge on any atom is -0.485 e. The first-order chi connectivity index (χ1) is 13.9. The van der Waals surface area contributed by atoms with Gasteiger partial charge in [-0.25, -0.2) is 0 Å². The molecule has 0 aliphatic carbocycles. The monoisotopic (exact) mass is 403 g/mol. The molecule has 0 atom stereocenters. The zero-order valence-corrected chi connectivity index (χ0v) is 15.8. The minimum atomic E-state index is -2.88. The predicted molar refractivity (Wildman–Crippen MR) is 98.7 cm³/mol. The number of rotatable bonds is 8. The molecular weight excluding hydrogens is 384 g/mol. The van der Waals surface area contributed by atoms with Crippen molar-refractivity contribution in [1.29, 1.82) is 0 Å². The first-order valence-corrected chi connectivity index (χ1v) is 8.72. The van der Waals surface area contributed by atoms with E-state index in [1.165, 1.54) is 17.0 Å². The van der Waals surface area contributed by atoms with Crippen molar-refractivity contribution in [3.63, 3.8) is 0 Å². The van der Waals surface area contributed by atoms with Gasteiger partial charge in [-0.05, 0) is 29.8 Å². The SMILES string of the molecule is Cc1nc(COc2ccccc2C(=O)N(C)Cc2ccc(OC(F)F)cc2)no1. The fraction of sp³-hybridized carbons (Fsp3) is 0.250. The van der Waals surface area contributed by atoms with Gasteiger partial charge in [-0.15, -0.1) is 0 Å². The molecule has 3 aromatic rings. The molecule has 0 radical (unpaired) electrons. The van der Waals surface area contributed by atoms with Crippen LogP contribution in [0.25, 0.3) is 0 Å². The molecule has 7 nitrogen and oxygen atoms in total. The van der Waals surface area contributed by atoms with Crippen LogP contribution < -0.4 is 9.47 Å². The van der Waals surface area contributed by atoms with E-state index in [4.69, 9.17) is 9.26 Å². The summed E-state index contributed by atoms with van der Waals surface area (Å²) in [7, 11) is 1.64. The van der Waals surface area contributed by atoms with Crippen molar-refractivity contribution < 1.29 is 27.6 Å². The lowest BCUT2D eigenvalue weighted by molar-refractivity contribution is -0.0498. The lowest BCUT2D eigenvalue weighted by Gasteiger charge is -2.19. The average Bonchev–Trinajstić information content (AvgIpc) is 3.12. The Morgan fingerprint density at radius 1 is 1.17 bits per heavy atom. The summed E-state index contributed by atoms with van der Waals surface area (Å²) in [5, 5.41) is 3.76. The maximum absolute atomic E-state index is 12.9. The molecule has 29 heavy (non-hydrogen) atoms. The van der Waals surface area contributed by atoms with Gasteiger partial charge >= 0.3 is 6.61 Å². The van der Waals surface area contributed by atoms with Gasteiger partial charge in [-0.1, -0.05) is 29.4 Å². The molecule has 0 saturated carbocycles. The number of para-hydroxylation sites is 1. The van der Waals surface area contributed by atoms with Crippen molar-refractivity contribution in [3.05, 3.63) is 71.4 Å². The molecule has 1 heterocycles. The van der Waals surface area contributed by atoms with Gasteiger partial charge in [-0.3, -0.25) is 4.79 Å². The quantitative estimate of drug-likeness (QED) is 0.569. The van der Waals surface area contributed by atoms with Gasteiger partial charge in [0, 0.05) is 20.5 Å². The Bertz CT molecular complexity index is 960. The zero-order valence-electron chi connectivity index (χ0n) is 15.8. The molecule has 0 N–H and O–H groups in total. The van der Waals surface area contributed by atoms with E-state index < -0.39 is 6.61 Å². The Morgan fingerprint density at radius 3 is 2.55 bits per heavy atom. The third-order valence-corrected chi connectivity index (χ3v) is 3.96. The molecule has 0 unspecified atom stereocenters. The third kappa shape index (κ3) is 5.50. The first kappa shape index (κ1) is 20.2. The molecule has 0 aliphatic heterocycles. The van der Waals surface area contributed by atoms with Crippen molar-refractivity contribution >= 4 is 5.91 Å². The summed E-state index contributed by atoms with van der Waals surface area (Å²) in [6.45, 7) is -0.851. The molecule has 9 heteroatoms. The van der Waals surface area contributed by atoms with Gasteiger partial charge in [0.2, 0.25) is 11.7 Å². The summed E-state index contributed by atoms with van der Waals surface area (Å²) in [5.41, 5.74) is 1.15. The number of alkyl halides is 2. The number of hydrogen-bond acceptors (Lipinski definition) is 6. The normalized spacial score (nSPS) is 10.8. The van der Waals surface area contributed by atoms with E-state index in [0.29, 0.717) is 23.0 Å². The summed E-state index contributed by atoms with van der Waals surface area (Å²) >= 11 is 0. The van der Waals surface area contributed by atoms with Crippen LogP contribution in [0.5, 0.6) is 11.5 Å². The van der Waals surface area contributed by atoms with Gasteiger partial charge in [0.15, 0.2) is 6.61 Å². The maximum atomic E-state index is 12.9. The lowest BCUT2D eigenvalue weighted by Crippen LogP contribution is -2.26. The van der Waals surface area contributed by atoms with Crippen LogP contribution in [0, 0.1) is 6.92 Å². The van der Waals surface area contributed by atoms with Crippen LogP contribution in [0.2, 0.25) is 0 Å². The van der Waals surface area contributed by atoms with Crippen molar-refractivity contribution in [2.75, 3.05) is 7.05 Å². The summed E-state index contributed by atoms with van der Waals surface area (Å²) < 4.78 is 39.4. The second-order valence-corrected chi connectivity index (χ2v) is 6.20. The van der Waals surface area contributed by atoms with Crippen LogP contribution in [0.15, 0.2) is 53.1 Å². The van der Waals surface area contributed by atoms with Gasteiger partial charge in [0.1, 0.15) is 11.5 Å². The van der Waals surface area contributed by atoms with E-state index >= 15 is 0 Å². The molecular formula is C20H19F2N3O4. The number of halogens is 2. The van der Waals surface area contributed by atoms with Crippen LogP contribution in [0.1, 0.15) is 27.6 Å². The Labute approximate surface area is 165 Å². The fourth-order valence-electron chi connectivity index (χ4n) is 2.64. The Morgan fingerprint density at radius 2 is 1.90 bits per heavy atom. The molecule has 0 aliphatic rings. The molecule has 0 spiro atoms. The van der Waals surface area contributed by atoms with E-state index in [-0.39, 0.29) is 24.8 Å². The molecule has 1 aromatic heterocycles. The second-order valence-electron chi connectivity index (χ2n) is 6.20. The standard InChI is InChI=1S/C20H19F2N3O4/c1-13-23-18(24-29-13)12-27-17-6-4-3-5-16(17)19(26)25(2)11-14-7-9-15(10-8-14)28-20(21)22/h3-10,20H,11-12H2,1-2H3. The van der Waals surface area contributed by atoms with Crippen molar-refractivity contribution in [3.8, 4) is 11.5 Å². The smallest absolute Gasteiger partial charge is 0.387 e. The molecule has 0 bridgehead atoms. The number of ether oxygens (including phenoxy) is 2. The van der Waals surface area contributed by atoms with Gasteiger partial charge in [0.25, 0.3) is 5.91 Å². The van der Waals surface area contributed by atoms with E-state index in [1.54, 1.807) is 50.4 Å². The highest BCUT2D eigenvalue weighted by Crippen LogP contribution is 2.22. The van der Waals surface area contributed by atoms with Crippen LogP contribution in [-0.2, 0) is 13.2 Å². The highest BCUT2D eigenvalue weighted by molar-refractivity contribution is 5.96. The Balaban J connectivity index is 1.66. The van der Waals surface area contributed by atoms with Gasteiger partial charge < -0.3 is 18.9 Å². The van der Waals surface area contributed by atoms with E-state index in [1.807, 2.05) is 0 Å². The number of benzene rings is 2. The molecule has 0 fully saturated rings. The Kier molecular flexibility index (Phi) is 6.38. The molecule has 152 valence electrons. The first-order valence-electron chi connectivity index (χ1n) is 8.72. The highest BCUT2D eigenvalue weighted by Gasteiger charge is 2.17. The van der Waals surface area contributed by atoms with Crippen molar-refractivity contribution in [2.24, 2.45) is 0 Å². The largest absolute Gasteiger partial charge is 0.485 e. The minimum absolute atomic E-state index is 0.0631. The molecule has 0 saturated heterocycles. The van der Waals surface area contributed by atoms with E-state index in [2.05, 4.69) is 14.9 Å². The number of amides is 1. The zero-order chi connectivity index (χ0) is 20.8.